The van der Waals surface area contributed by atoms with E-state index in [1.807, 2.05) is 28.7 Å². The van der Waals surface area contributed by atoms with Gasteiger partial charge in [-0.05, 0) is 110 Å². The van der Waals surface area contributed by atoms with E-state index in [9.17, 15) is 15.2 Å². The zero-order valence-corrected chi connectivity index (χ0v) is 43.4. The fourth-order valence-electron chi connectivity index (χ4n) is 9.37. The molecule has 0 unspecified atom stereocenters. The number of nitriles is 1. The van der Waals surface area contributed by atoms with Crippen molar-refractivity contribution in [2.45, 2.75) is 144 Å². The molecule has 0 saturated carbocycles. The minimum absolute atomic E-state index is 0.242. The molecule has 0 aliphatic carbocycles. The molecule has 1 N–H and O–H groups in total. The number of unbranched alkanes of at least 4 members (excludes halogenated alkanes) is 12. The van der Waals surface area contributed by atoms with Crippen molar-refractivity contribution in [2.24, 2.45) is 0 Å². The molecule has 5 heterocycles. The van der Waals surface area contributed by atoms with Crippen LogP contribution in [0.3, 0.4) is 0 Å². The first-order chi connectivity index (χ1) is 33.9. The van der Waals surface area contributed by atoms with Crippen LogP contribution < -0.4 is 14.4 Å². The minimum Gasteiger partial charge on any atom is -0.494 e. The molecule has 0 radical (unpaired) electrons. The van der Waals surface area contributed by atoms with E-state index >= 15 is 0 Å². The van der Waals surface area contributed by atoms with Crippen molar-refractivity contribution in [1.29, 1.82) is 5.26 Å². The summed E-state index contributed by atoms with van der Waals surface area (Å²) in [5, 5.41) is 19.2. The molecular weight excluding hydrogens is 913 g/mol. The number of nitrogens with zero attached hydrogens (tertiary/aromatic N) is 4. The second-order valence-electron chi connectivity index (χ2n) is 18.2. The number of aromatic nitrogens is 2. The molecule has 0 atom stereocenters. The largest absolute Gasteiger partial charge is 0.494 e. The Morgan fingerprint density at radius 3 is 1.49 bits per heavy atom. The Balaban J connectivity index is 1.15. The second kappa shape index (κ2) is 24.3. The van der Waals surface area contributed by atoms with E-state index in [0.29, 0.717) is 0 Å². The Morgan fingerprint density at radius 1 is 0.580 bits per heavy atom. The minimum atomic E-state index is -1.20. The maximum Gasteiger partial charge on any atom is 0.346 e. The number of fused-ring (bicyclic) bond motifs is 7. The second-order valence-corrected chi connectivity index (χ2v) is 21.4. The predicted molar refractivity (Wildman–Crippen MR) is 295 cm³/mol. The lowest BCUT2D eigenvalue weighted by Crippen LogP contribution is -2.10. The Hall–Kier alpha value is -5.54. The number of carbonyl (C=O) groups is 1. The molecule has 8 aromatic rings. The highest BCUT2D eigenvalue weighted by atomic mass is 32.1. The van der Waals surface area contributed by atoms with E-state index in [1.54, 1.807) is 11.3 Å². The molecule has 11 heteroatoms. The summed E-state index contributed by atoms with van der Waals surface area (Å²) in [5.41, 5.74) is 9.19. The molecule has 69 heavy (non-hydrogen) atoms. The molecule has 5 aromatic heterocycles. The first-order valence-electron chi connectivity index (χ1n) is 25.6. The van der Waals surface area contributed by atoms with Crippen LogP contribution in [-0.4, -0.2) is 33.4 Å². The average molecular weight is 981 g/mol. The van der Waals surface area contributed by atoms with Gasteiger partial charge in [-0.25, -0.2) is 4.79 Å². The molecule has 3 aromatic carbocycles. The molecule has 0 aliphatic rings. The number of benzene rings is 3. The fraction of sp³-hybridized carbons (Fsp3) is 0.414. The van der Waals surface area contributed by atoms with E-state index in [-0.39, 0.29) is 5.57 Å². The van der Waals surface area contributed by atoms with E-state index in [4.69, 9.17) is 9.47 Å². The van der Waals surface area contributed by atoms with Crippen molar-refractivity contribution in [3.8, 4) is 28.0 Å². The maximum atomic E-state index is 11.8. The van der Waals surface area contributed by atoms with Crippen LogP contribution in [0.25, 0.3) is 57.4 Å². The van der Waals surface area contributed by atoms with Gasteiger partial charge in [-0.3, -0.25) is 0 Å². The van der Waals surface area contributed by atoms with Crippen LogP contribution in [0.4, 0.5) is 17.1 Å². The van der Waals surface area contributed by atoms with Crippen LogP contribution in [0.5, 0.6) is 11.5 Å². The van der Waals surface area contributed by atoms with Crippen LogP contribution in [0.1, 0.15) is 135 Å². The van der Waals surface area contributed by atoms with Gasteiger partial charge < -0.3 is 28.6 Å². The highest BCUT2D eigenvalue weighted by molar-refractivity contribution is 7.35. The van der Waals surface area contributed by atoms with Gasteiger partial charge in [-0.2, -0.15) is 5.26 Å². The number of carboxylic acids is 1. The Morgan fingerprint density at radius 2 is 1.03 bits per heavy atom. The molecular formula is C58H68N4O4S3. The fourth-order valence-corrected chi connectivity index (χ4v) is 13.2. The Bertz CT molecular complexity index is 2940. The van der Waals surface area contributed by atoms with Gasteiger partial charge in [-0.1, -0.05) is 117 Å². The van der Waals surface area contributed by atoms with Crippen LogP contribution in [0.15, 0.2) is 90.5 Å². The van der Waals surface area contributed by atoms with Gasteiger partial charge in [0.25, 0.3) is 0 Å². The molecule has 8 nitrogen and oxygen atoms in total. The highest BCUT2D eigenvalue weighted by Crippen LogP contribution is 2.51. The molecule has 0 spiro atoms. The molecule has 0 amide bonds. The first kappa shape index (κ1) is 49.9. The van der Waals surface area contributed by atoms with Crippen molar-refractivity contribution in [1.82, 2.24) is 9.13 Å². The van der Waals surface area contributed by atoms with Crippen LogP contribution in [0, 0.1) is 11.3 Å². The van der Waals surface area contributed by atoms with Crippen molar-refractivity contribution < 1.29 is 19.4 Å². The summed E-state index contributed by atoms with van der Waals surface area (Å²) in [7, 11) is 0. The molecule has 0 fully saturated rings. The Kier molecular flexibility index (Phi) is 17.6. The molecule has 0 bridgehead atoms. The molecule has 0 saturated heterocycles. The third-order valence-electron chi connectivity index (χ3n) is 13.1. The first-order valence-corrected chi connectivity index (χ1v) is 28.0. The summed E-state index contributed by atoms with van der Waals surface area (Å²) in [5.74, 6) is 0.589. The summed E-state index contributed by atoms with van der Waals surface area (Å²) in [6.07, 6.45) is 20.3. The topological polar surface area (TPSA) is 92.7 Å². The van der Waals surface area contributed by atoms with Gasteiger partial charge in [0.05, 0.1) is 54.1 Å². The SMILES string of the molecule is CCCCCCOc1ccc(N(c2ccc(OCCCCCC)cc2)c2ccc(-c3cc4c(s3)c3sc5c6sc(/C=C(/C#N)C(=O)O)cc6n(CCCCCC)c5c3n4CCCCCC)cc2)cc1. The van der Waals surface area contributed by atoms with Crippen LogP contribution >= 0.6 is 34.0 Å². The third-order valence-corrected chi connectivity index (χ3v) is 16.8. The Labute approximate surface area is 420 Å². The van der Waals surface area contributed by atoms with Crippen molar-refractivity contribution >= 4 is 104 Å². The average Bonchev–Trinajstić information content (AvgIpc) is 4.18. The number of aryl methyl sites for hydroxylation is 2. The molecule has 0 aliphatic heterocycles. The number of hydrogen-bond acceptors (Lipinski definition) is 8. The number of aliphatic carboxylic acids is 1. The third kappa shape index (κ3) is 11.6. The van der Waals surface area contributed by atoms with E-state index in [0.717, 1.165) is 97.4 Å². The summed E-state index contributed by atoms with van der Waals surface area (Å²) >= 11 is 5.35. The van der Waals surface area contributed by atoms with Gasteiger partial charge in [0.15, 0.2) is 0 Å². The van der Waals surface area contributed by atoms with Crippen molar-refractivity contribution in [2.75, 3.05) is 18.1 Å². The van der Waals surface area contributed by atoms with E-state index in [1.165, 1.54) is 122 Å². The summed E-state index contributed by atoms with van der Waals surface area (Å²) in [6.45, 7) is 12.3. The number of thiophene rings is 3. The summed E-state index contributed by atoms with van der Waals surface area (Å²) in [4.78, 5) is 16.2. The zero-order chi connectivity index (χ0) is 48.1. The highest BCUT2D eigenvalue weighted by Gasteiger charge is 2.26. The quantitative estimate of drug-likeness (QED) is 0.0299. The number of rotatable bonds is 28. The lowest BCUT2D eigenvalue weighted by molar-refractivity contribution is -0.132. The van der Waals surface area contributed by atoms with E-state index in [2.05, 4.69) is 127 Å². The van der Waals surface area contributed by atoms with Gasteiger partial charge in [0.2, 0.25) is 0 Å². The van der Waals surface area contributed by atoms with Gasteiger partial charge >= 0.3 is 5.97 Å². The van der Waals surface area contributed by atoms with Crippen LogP contribution in [-0.2, 0) is 17.9 Å². The lowest BCUT2D eigenvalue weighted by Gasteiger charge is -2.26. The zero-order valence-electron chi connectivity index (χ0n) is 41.0. The monoisotopic (exact) mass is 980 g/mol. The summed E-state index contributed by atoms with van der Waals surface area (Å²) < 4.78 is 22.5. The number of anilines is 3. The van der Waals surface area contributed by atoms with Crippen molar-refractivity contribution in [3.63, 3.8) is 0 Å². The predicted octanol–water partition coefficient (Wildman–Crippen LogP) is 18.3. The lowest BCUT2D eigenvalue weighted by atomic mass is 10.1. The number of hydrogen-bond donors (Lipinski definition) is 1. The van der Waals surface area contributed by atoms with Gasteiger partial charge in [0.1, 0.15) is 23.1 Å². The van der Waals surface area contributed by atoms with Gasteiger partial charge in [-0.15, -0.1) is 34.0 Å². The van der Waals surface area contributed by atoms with E-state index < -0.39 is 5.97 Å². The molecule has 362 valence electrons. The maximum absolute atomic E-state index is 11.8. The van der Waals surface area contributed by atoms with Gasteiger partial charge in [0, 0.05) is 39.9 Å². The number of ether oxygens (including phenoxy) is 2. The standard InChI is InChI=1S/C58H68N4O4S3/c1-5-9-13-17-33-60-49-38-48(37-42(40-59)58(63)64)67-54(49)56-52(60)53-57(69-56)55-50(61(53)34-18-14-10-6-2)39-51(68-55)41-21-23-43(24-22-41)62(44-25-29-46(30-26-44)65-35-19-15-11-7-3)45-27-31-47(32-28-45)66-36-20-16-12-8-4/h21-32,37-39H,5-20,33-36H2,1-4H3,(H,63,64)/b42-37-. The molecule has 8 rings (SSSR count). The smallest absolute Gasteiger partial charge is 0.346 e. The summed E-state index contributed by atoms with van der Waals surface area (Å²) in [6, 6.07) is 32.4. The van der Waals surface area contributed by atoms with Crippen LogP contribution in [0.2, 0.25) is 0 Å². The number of carboxylic acid groups (broad SMARTS) is 1. The van der Waals surface area contributed by atoms with Crippen molar-refractivity contribution in [3.05, 3.63) is 95.4 Å². The normalized spacial score (nSPS) is 12.0.